The number of rotatable bonds is 4. The normalized spacial score (nSPS) is 10.1. The lowest BCUT2D eigenvalue weighted by atomic mass is 10.1. The van der Waals surface area contributed by atoms with Crippen molar-refractivity contribution in [2.45, 2.75) is 0 Å². The fourth-order valence-corrected chi connectivity index (χ4v) is 1.16. The van der Waals surface area contributed by atoms with Gasteiger partial charge in [0.05, 0.1) is 19.2 Å². The van der Waals surface area contributed by atoms with Gasteiger partial charge >= 0.3 is 0 Å². The number of halogens is 1. The Morgan fingerprint density at radius 1 is 1.60 bits per heavy atom. The quantitative estimate of drug-likeness (QED) is 0.731. The van der Waals surface area contributed by atoms with Crippen molar-refractivity contribution in [3.8, 4) is 11.5 Å². The molecule has 0 bridgehead atoms. The van der Waals surface area contributed by atoms with Crippen LogP contribution in [0.4, 0.5) is 4.39 Å². The highest BCUT2D eigenvalue weighted by molar-refractivity contribution is 5.98. The van der Waals surface area contributed by atoms with Crippen LogP contribution in [0.1, 0.15) is 10.4 Å². The first kappa shape index (κ1) is 11.5. The number of phenolic OH excluding ortho intramolecular Hbond substituents is 1. The van der Waals surface area contributed by atoms with Crippen LogP contribution in [0, 0.1) is 5.82 Å². The van der Waals surface area contributed by atoms with Crippen LogP contribution in [0.25, 0.3) is 0 Å². The second-order valence-electron chi connectivity index (χ2n) is 2.96. The fraction of sp³-hybridized carbons (Fsp3) is 0.300. The van der Waals surface area contributed by atoms with Crippen molar-refractivity contribution >= 4 is 5.78 Å². The Bertz CT molecular complexity index is 379. The van der Waals surface area contributed by atoms with Crippen molar-refractivity contribution in [2.24, 2.45) is 0 Å². The highest BCUT2D eigenvalue weighted by atomic mass is 19.1. The van der Waals surface area contributed by atoms with Gasteiger partial charge in [-0.1, -0.05) is 0 Å². The van der Waals surface area contributed by atoms with E-state index in [1.165, 1.54) is 13.2 Å². The molecule has 15 heavy (non-hydrogen) atoms. The lowest BCUT2D eigenvalue weighted by Gasteiger charge is -2.06. The molecule has 4 nitrogen and oxygen atoms in total. The molecule has 0 spiro atoms. The smallest absolute Gasteiger partial charge is 0.179 e. The van der Waals surface area contributed by atoms with E-state index in [9.17, 15) is 14.3 Å². The van der Waals surface area contributed by atoms with Crippen molar-refractivity contribution in [2.75, 3.05) is 20.7 Å². The molecule has 0 atom stereocenters. The van der Waals surface area contributed by atoms with Gasteiger partial charge < -0.3 is 15.2 Å². The van der Waals surface area contributed by atoms with Crippen LogP contribution in [-0.4, -0.2) is 31.6 Å². The standard InChI is InChI=1S/C10H12FNO3/c1-12-5-9(14)7-3-6(15-2)4-8(13)10(7)11/h3-4,12-13H,5H2,1-2H3. The molecule has 0 fully saturated rings. The van der Waals surface area contributed by atoms with Gasteiger partial charge in [-0.15, -0.1) is 0 Å². The van der Waals surface area contributed by atoms with Gasteiger partial charge in [-0.3, -0.25) is 4.79 Å². The molecule has 0 aliphatic heterocycles. The first-order valence-corrected chi connectivity index (χ1v) is 4.34. The van der Waals surface area contributed by atoms with Gasteiger partial charge in [0, 0.05) is 6.07 Å². The first-order valence-electron chi connectivity index (χ1n) is 4.34. The molecular formula is C10H12FNO3. The van der Waals surface area contributed by atoms with Gasteiger partial charge in [-0.2, -0.15) is 0 Å². The molecule has 1 aromatic rings. The van der Waals surface area contributed by atoms with Gasteiger partial charge in [-0.25, -0.2) is 4.39 Å². The Labute approximate surface area is 86.7 Å². The first-order chi connectivity index (χ1) is 7.10. The highest BCUT2D eigenvalue weighted by Gasteiger charge is 2.16. The van der Waals surface area contributed by atoms with E-state index in [-0.39, 0.29) is 17.9 Å². The molecule has 0 unspecified atom stereocenters. The van der Waals surface area contributed by atoms with Crippen molar-refractivity contribution < 1.29 is 19.0 Å². The van der Waals surface area contributed by atoms with Gasteiger partial charge in [0.1, 0.15) is 5.75 Å². The number of likely N-dealkylation sites (N-methyl/N-ethyl adjacent to an activating group) is 1. The van der Waals surface area contributed by atoms with Crippen molar-refractivity contribution in [1.82, 2.24) is 5.32 Å². The van der Waals surface area contributed by atoms with Crippen LogP contribution in [0.2, 0.25) is 0 Å². The van der Waals surface area contributed by atoms with Crippen molar-refractivity contribution in [1.29, 1.82) is 0 Å². The topological polar surface area (TPSA) is 58.6 Å². The van der Waals surface area contributed by atoms with Crippen LogP contribution in [0.5, 0.6) is 11.5 Å². The van der Waals surface area contributed by atoms with Gasteiger partial charge in [-0.05, 0) is 13.1 Å². The third-order valence-corrected chi connectivity index (χ3v) is 1.90. The molecule has 0 saturated heterocycles. The van der Waals surface area contributed by atoms with Crippen LogP contribution in [-0.2, 0) is 0 Å². The summed E-state index contributed by atoms with van der Waals surface area (Å²) in [7, 11) is 2.95. The van der Waals surface area contributed by atoms with Crippen LogP contribution in [0.15, 0.2) is 12.1 Å². The van der Waals surface area contributed by atoms with E-state index >= 15 is 0 Å². The Kier molecular flexibility index (Phi) is 3.62. The van der Waals surface area contributed by atoms with Gasteiger partial charge in [0.25, 0.3) is 0 Å². The molecule has 0 radical (unpaired) electrons. The fourth-order valence-electron chi connectivity index (χ4n) is 1.16. The average Bonchev–Trinajstić information content (AvgIpc) is 2.22. The SMILES string of the molecule is CNCC(=O)c1cc(OC)cc(O)c1F. The Hall–Kier alpha value is -1.62. The third-order valence-electron chi connectivity index (χ3n) is 1.90. The maximum Gasteiger partial charge on any atom is 0.179 e. The summed E-state index contributed by atoms with van der Waals surface area (Å²) >= 11 is 0. The average molecular weight is 213 g/mol. The number of nitrogens with one attached hydrogen (secondary N) is 1. The van der Waals surface area contributed by atoms with E-state index in [1.807, 2.05) is 0 Å². The molecule has 1 rings (SSSR count). The molecule has 82 valence electrons. The number of methoxy groups -OCH3 is 1. The van der Waals surface area contributed by atoms with Crippen LogP contribution < -0.4 is 10.1 Å². The minimum Gasteiger partial charge on any atom is -0.505 e. The zero-order chi connectivity index (χ0) is 11.4. The third kappa shape index (κ3) is 2.44. The zero-order valence-corrected chi connectivity index (χ0v) is 8.50. The summed E-state index contributed by atoms with van der Waals surface area (Å²) in [6.45, 7) is 0.00350. The van der Waals surface area contributed by atoms with Crippen molar-refractivity contribution in [3.63, 3.8) is 0 Å². The summed E-state index contributed by atoms with van der Waals surface area (Å²) in [6, 6.07) is 2.38. The van der Waals surface area contributed by atoms with Gasteiger partial charge in [0.15, 0.2) is 17.3 Å². The maximum absolute atomic E-state index is 13.3. The number of hydrogen-bond donors (Lipinski definition) is 2. The summed E-state index contributed by atoms with van der Waals surface area (Å²) in [4.78, 5) is 11.4. The number of hydrogen-bond acceptors (Lipinski definition) is 4. The number of benzene rings is 1. The minimum atomic E-state index is -0.920. The lowest BCUT2D eigenvalue weighted by molar-refractivity contribution is 0.0988. The molecule has 2 N–H and O–H groups in total. The van der Waals surface area contributed by atoms with Crippen LogP contribution in [0.3, 0.4) is 0 Å². The number of ether oxygens (including phenoxy) is 1. The number of carbonyl (C=O) groups excluding carboxylic acids is 1. The summed E-state index contributed by atoms with van der Waals surface area (Å²) in [5.41, 5.74) is -0.179. The molecular weight excluding hydrogens is 201 g/mol. The molecule has 0 saturated carbocycles. The summed E-state index contributed by atoms with van der Waals surface area (Å²) in [6.07, 6.45) is 0. The largest absolute Gasteiger partial charge is 0.505 e. The van der Waals surface area contributed by atoms with E-state index in [0.29, 0.717) is 0 Å². The Morgan fingerprint density at radius 3 is 2.80 bits per heavy atom. The highest BCUT2D eigenvalue weighted by Crippen LogP contribution is 2.26. The number of phenols is 1. The minimum absolute atomic E-state index is 0.00350. The molecule has 0 heterocycles. The summed E-state index contributed by atoms with van der Waals surface area (Å²) in [5, 5.41) is 11.8. The van der Waals surface area contributed by atoms with Gasteiger partial charge in [0.2, 0.25) is 0 Å². The maximum atomic E-state index is 13.3. The number of carbonyl (C=O) groups is 1. The molecule has 0 aromatic heterocycles. The molecule has 0 amide bonds. The molecule has 5 heteroatoms. The van der Waals surface area contributed by atoms with Crippen molar-refractivity contribution in [3.05, 3.63) is 23.5 Å². The molecule has 0 aliphatic carbocycles. The van der Waals surface area contributed by atoms with E-state index in [0.717, 1.165) is 6.07 Å². The second-order valence-corrected chi connectivity index (χ2v) is 2.96. The lowest BCUT2D eigenvalue weighted by Crippen LogP contribution is -2.19. The number of ketones is 1. The number of Topliss-reactive ketones (excluding diaryl/α,β-unsaturated/α-hetero) is 1. The monoisotopic (exact) mass is 213 g/mol. The predicted octanol–water partition coefficient (Wildman–Crippen LogP) is 0.942. The van der Waals surface area contributed by atoms with Crippen LogP contribution >= 0.6 is 0 Å². The van der Waals surface area contributed by atoms with E-state index in [2.05, 4.69) is 5.32 Å². The molecule has 0 aliphatic rings. The van der Waals surface area contributed by atoms with E-state index in [1.54, 1.807) is 7.05 Å². The molecule has 1 aromatic carbocycles. The van der Waals surface area contributed by atoms with E-state index < -0.39 is 17.3 Å². The Balaban J connectivity index is 3.15. The number of aromatic hydroxyl groups is 1. The summed E-state index contributed by atoms with van der Waals surface area (Å²) < 4.78 is 18.2. The predicted molar refractivity (Wildman–Crippen MR) is 52.9 cm³/mol. The summed E-state index contributed by atoms with van der Waals surface area (Å²) in [5.74, 6) is -1.71. The van der Waals surface area contributed by atoms with E-state index in [4.69, 9.17) is 4.74 Å². The zero-order valence-electron chi connectivity index (χ0n) is 8.50. The Morgan fingerprint density at radius 2 is 2.27 bits per heavy atom. The second kappa shape index (κ2) is 4.75.